The Kier molecular flexibility index (Phi) is 5.86. The Morgan fingerprint density at radius 3 is 2.46 bits per heavy atom. The summed E-state index contributed by atoms with van der Waals surface area (Å²) in [7, 11) is 0. The maximum absolute atomic E-state index is 12.5. The number of anilines is 1. The van der Waals surface area contributed by atoms with E-state index in [1.165, 1.54) is 16.0 Å². The molecule has 0 bridgehead atoms. The summed E-state index contributed by atoms with van der Waals surface area (Å²) in [4.78, 5) is 13.7. The first kappa shape index (κ1) is 18.4. The quantitative estimate of drug-likeness (QED) is 0.647. The number of hydrogen-bond donors (Lipinski definition) is 2. The smallest absolute Gasteiger partial charge is 0.238 e. The molecule has 1 heterocycles. The van der Waals surface area contributed by atoms with Crippen molar-refractivity contribution in [2.75, 3.05) is 11.9 Å². The van der Waals surface area contributed by atoms with E-state index in [2.05, 4.69) is 53.3 Å². The lowest BCUT2D eigenvalue weighted by atomic mass is 10.0. The van der Waals surface area contributed by atoms with Gasteiger partial charge in [0.25, 0.3) is 0 Å². The van der Waals surface area contributed by atoms with Crippen molar-refractivity contribution in [2.45, 2.75) is 26.8 Å². The van der Waals surface area contributed by atoms with E-state index in [-0.39, 0.29) is 18.5 Å². The molecule has 3 aromatic rings. The summed E-state index contributed by atoms with van der Waals surface area (Å²) in [5.74, 6) is -0.0348. The number of amides is 1. The number of thiophene rings is 1. The average molecular weight is 365 g/mol. The lowest BCUT2D eigenvalue weighted by Crippen LogP contribution is -2.31. The second-order valence-corrected chi connectivity index (χ2v) is 7.51. The van der Waals surface area contributed by atoms with E-state index < -0.39 is 0 Å². The fraction of sp³-hybridized carbons (Fsp3) is 0.227. The summed E-state index contributed by atoms with van der Waals surface area (Å²) >= 11 is 1.70. The minimum absolute atomic E-state index is 0.0138. The maximum atomic E-state index is 12.5. The van der Waals surface area contributed by atoms with Gasteiger partial charge in [-0.1, -0.05) is 48.0 Å². The van der Waals surface area contributed by atoms with Crippen molar-refractivity contribution < 1.29 is 4.79 Å². The van der Waals surface area contributed by atoms with Crippen LogP contribution in [0.25, 0.3) is 0 Å². The lowest BCUT2D eigenvalue weighted by molar-refractivity contribution is -0.115. The van der Waals surface area contributed by atoms with E-state index in [1.54, 1.807) is 11.3 Å². The van der Waals surface area contributed by atoms with Gasteiger partial charge in [-0.2, -0.15) is 0 Å². The topological polar surface area (TPSA) is 41.1 Å². The Labute approximate surface area is 159 Å². The minimum Gasteiger partial charge on any atom is -0.325 e. The summed E-state index contributed by atoms with van der Waals surface area (Å²) in [5.41, 5.74) is 5.55. The lowest BCUT2D eigenvalue weighted by Gasteiger charge is -2.18. The second-order valence-electron chi connectivity index (χ2n) is 6.54. The summed E-state index contributed by atoms with van der Waals surface area (Å²) < 4.78 is 0. The molecule has 0 fully saturated rings. The van der Waals surface area contributed by atoms with E-state index in [9.17, 15) is 4.79 Å². The van der Waals surface area contributed by atoms with E-state index in [1.807, 2.05) is 38.1 Å². The van der Waals surface area contributed by atoms with Crippen LogP contribution in [0.1, 0.15) is 33.2 Å². The van der Waals surface area contributed by atoms with E-state index in [4.69, 9.17) is 0 Å². The molecule has 3 nitrogen and oxygen atoms in total. The molecular formula is C22H24N2OS. The van der Waals surface area contributed by atoms with Crippen molar-refractivity contribution in [2.24, 2.45) is 0 Å². The van der Waals surface area contributed by atoms with Gasteiger partial charge in [0.2, 0.25) is 5.91 Å². The first-order valence-corrected chi connectivity index (χ1v) is 9.62. The third-order valence-corrected chi connectivity index (χ3v) is 5.52. The molecule has 4 heteroatoms. The summed E-state index contributed by atoms with van der Waals surface area (Å²) in [6.45, 7) is 6.41. The number of carbonyl (C=O) groups is 1. The third-order valence-electron chi connectivity index (χ3n) is 4.58. The first-order chi connectivity index (χ1) is 12.5. The molecule has 0 saturated heterocycles. The normalized spacial score (nSPS) is 12.0. The van der Waals surface area contributed by atoms with Gasteiger partial charge in [0, 0.05) is 10.6 Å². The Bertz CT molecular complexity index is 870. The predicted molar refractivity (Wildman–Crippen MR) is 110 cm³/mol. The zero-order valence-electron chi connectivity index (χ0n) is 15.4. The molecule has 2 N–H and O–H groups in total. The summed E-state index contributed by atoms with van der Waals surface area (Å²) in [6, 6.07) is 18.6. The van der Waals surface area contributed by atoms with Gasteiger partial charge < -0.3 is 5.32 Å². The molecule has 0 aliphatic carbocycles. The fourth-order valence-corrected chi connectivity index (χ4v) is 3.70. The highest BCUT2D eigenvalue weighted by molar-refractivity contribution is 7.10. The van der Waals surface area contributed by atoms with Crippen LogP contribution in [0.15, 0.2) is 60.0 Å². The predicted octanol–water partition coefficient (Wildman–Crippen LogP) is 4.99. The van der Waals surface area contributed by atoms with Gasteiger partial charge in [-0.05, 0) is 55.0 Å². The van der Waals surface area contributed by atoms with Crippen LogP contribution >= 0.6 is 11.3 Å². The van der Waals surface area contributed by atoms with Crippen LogP contribution in [0.3, 0.4) is 0 Å². The number of carbonyl (C=O) groups excluding carboxylic acids is 1. The van der Waals surface area contributed by atoms with Crippen LogP contribution in [0.4, 0.5) is 5.69 Å². The van der Waals surface area contributed by atoms with Crippen LogP contribution in [0, 0.1) is 20.8 Å². The number of benzene rings is 2. The van der Waals surface area contributed by atoms with E-state index in [0.717, 1.165) is 16.8 Å². The molecule has 0 aliphatic rings. The van der Waals surface area contributed by atoms with Gasteiger partial charge in [-0.15, -0.1) is 11.3 Å². The van der Waals surface area contributed by atoms with Crippen LogP contribution < -0.4 is 10.6 Å². The monoisotopic (exact) mass is 364 g/mol. The SMILES string of the molecule is Cc1ccc([C@H](NCC(=O)Nc2cccc(C)c2C)c2cccs2)cc1. The molecule has 0 saturated carbocycles. The Hall–Kier alpha value is -2.43. The molecule has 1 atom stereocenters. The highest BCUT2D eigenvalue weighted by Crippen LogP contribution is 2.26. The number of nitrogens with one attached hydrogen (secondary N) is 2. The highest BCUT2D eigenvalue weighted by atomic mass is 32.1. The van der Waals surface area contributed by atoms with Crippen molar-refractivity contribution in [1.29, 1.82) is 0 Å². The van der Waals surface area contributed by atoms with Gasteiger partial charge in [0.1, 0.15) is 0 Å². The van der Waals surface area contributed by atoms with Crippen molar-refractivity contribution in [1.82, 2.24) is 5.32 Å². The van der Waals surface area contributed by atoms with Gasteiger partial charge >= 0.3 is 0 Å². The van der Waals surface area contributed by atoms with Crippen molar-refractivity contribution in [3.63, 3.8) is 0 Å². The fourth-order valence-electron chi connectivity index (χ4n) is 2.87. The van der Waals surface area contributed by atoms with Crippen molar-refractivity contribution in [3.05, 3.63) is 87.1 Å². The molecule has 1 aromatic heterocycles. The summed E-state index contributed by atoms with van der Waals surface area (Å²) in [5, 5.41) is 8.49. The molecule has 0 radical (unpaired) electrons. The van der Waals surface area contributed by atoms with Crippen LogP contribution in [-0.4, -0.2) is 12.5 Å². The highest BCUT2D eigenvalue weighted by Gasteiger charge is 2.16. The zero-order chi connectivity index (χ0) is 18.5. The van der Waals surface area contributed by atoms with Gasteiger partial charge in [-0.3, -0.25) is 10.1 Å². The molecule has 26 heavy (non-hydrogen) atoms. The molecule has 0 aliphatic heterocycles. The number of aryl methyl sites for hydroxylation is 2. The maximum Gasteiger partial charge on any atom is 0.238 e. The number of hydrogen-bond acceptors (Lipinski definition) is 3. The molecule has 0 unspecified atom stereocenters. The number of rotatable bonds is 6. The Morgan fingerprint density at radius 1 is 1.00 bits per heavy atom. The average Bonchev–Trinajstić information content (AvgIpc) is 3.15. The zero-order valence-corrected chi connectivity index (χ0v) is 16.2. The van der Waals surface area contributed by atoms with Gasteiger partial charge in [-0.25, -0.2) is 0 Å². The van der Waals surface area contributed by atoms with Gasteiger partial charge in [0.15, 0.2) is 0 Å². The second kappa shape index (κ2) is 8.30. The van der Waals surface area contributed by atoms with Crippen LogP contribution in [0.5, 0.6) is 0 Å². The molecule has 134 valence electrons. The standard InChI is InChI=1S/C22H24N2OS/c1-15-9-11-18(12-10-15)22(20-8-5-13-26-20)23-14-21(25)24-19-7-4-6-16(2)17(19)3/h4-13,22-23H,14H2,1-3H3,(H,24,25)/t22-/m0/s1. The Balaban J connectivity index is 1.70. The van der Waals surface area contributed by atoms with E-state index >= 15 is 0 Å². The molecule has 0 spiro atoms. The Morgan fingerprint density at radius 2 is 1.77 bits per heavy atom. The molecule has 2 aromatic carbocycles. The van der Waals surface area contributed by atoms with Crippen LogP contribution in [0.2, 0.25) is 0 Å². The third kappa shape index (κ3) is 4.40. The van der Waals surface area contributed by atoms with Crippen molar-refractivity contribution >= 4 is 22.9 Å². The molecular weight excluding hydrogens is 340 g/mol. The first-order valence-electron chi connectivity index (χ1n) is 8.74. The van der Waals surface area contributed by atoms with Gasteiger partial charge in [0.05, 0.1) is 12.6 Å². The van der Waals surface area contributed by atoms with E-state index in [0.29, 0.717) is 0 Å². The van der Waals surface area contributed by atoms with Crippen molar-refractivity contribution in [3.8, 4) is 0 Å². The minimum atomic E-state index is -0.0348. The molecule has 1 amide bonds. The summed E-state index contributed by atoms with van der Waals surface area (Å²) in [6.07, 6.45) is 0. The van der Waals surface area contributed by atoms with Crippen LogP contribution in [-0.2, 0) is 4.79 Å². The molecule has 3 rings (SSSR count). The largest absolute Gasteiger partial charge is 0.325 e.